The molecule has 3 nitrogen and oxygen atoms in total. The van der Waals surface area contributed by atoms with Crippen LogP contribution in [-0.2, 0) is 0 Å². The van der Waals surface area contributed by atoms with E-state index in [9.17, 15) is 4.39 Å². The molecule has 2 aromatic carbocycles. The molecule has 0 aliphatic carbocycles. The highest BCUT2D eigenvalue weighted by Gasteiger charge is 2.29. The van der Waals surface area contributed by atoms with Crippen LogP contribution in [0.2, 0.25) is 5.02 Å². The van der Waals surface area contributed by atoms with Crippen molar-refractivity contribution in [2.45, 2.75) is 19.6 Å². The standard InChI is InChI=1S/C16H14ClFN2O/c1-16(2)20-15(11-5-3-9(18)7-13(11)17)12-6-4-10(19)8-14(12)21-16/h3-8H,19H2,1-2H3. The summed E-state index contributed by atoms with van der Waals surface area (Å²) in [4.78, 5) is 4.59. The Hall–Kier alpha value is -2.07. The third-order valence-corrected chi connectivity index (χ3v) is 3.50. The molecule has 0 saturated heterocycles. The van der Waals surface area contributed by atoms with Crippen molar-refractivity contribution in [3.05, 3.63) is 58.4 Å². The molecule has 1 aliphatic heterocycles. The van der Waals surface area contributed by atoms with Gasteiger partial charge >= 0.3 is 0 Å². The SMILES string of the molecule is CC1(C)N=C(c2ccc(F)cc2Cl)c2ccc(N)cc2O1. The smallest absolute Gasteiger partial charge is 0.195 e. The van der Waals surface area contributed by atoms with E-state index >= 15 is 0 Å². The van der Waals surface area contributed by atoms with Crippen LogP contribution in [0.5, 0.6) is 5.75 Å². The molecule has 2 N–H and O–H groups in total. The van der Waals surface area contributed by atoms with Crippen molar-refractivity contribution in [2.75, 3.05) is 5.73 Å². The Kier molecular flexibility index (Phi) is 3.14. The molecular formula is C16H14ClFN2O. The largest absolute Gasteiger partial charge is 0.466 e. The molecule has 0 unspecified atom stereocenters. The van der Waals surface area contributed by atoms with Gasteiger partial charge in [-0.3, -0.25) is 0 Å². The number of benzene rings is 2. The molecule has 0 spiro atoms. The van der Waals surface area contributed by atoms with Gasteiger partial charge in [0, 0.05) is 22.9 Å². The van der Waals surface area contributed by atoms with Crippen LogP contribution in [-0.4, -0.2) is 11.4 Å². The van der Waals surface area contributed by atoms with E-state index in [2.05, 4.69) is 4.99 Å². The first kappa shape index (κ1) is 13.9. The number of rotatable bonds is 1. The molecule has 0 atom stereocenters. The molecule has 3 rings (SSSR count). The second-order valence-corrected chi connectivity index (χ2v) is 5.80. The van der Waals surface area contributed by atoms with Crippen molar-refractivity contribution in [3.63, 3.8) is 0 Å². The molecule has 2 aromatic rings. The Balaban J connectivity index is 2.22. The van der Waals surface area contributed by atoms with Gasteiger partial charge < -0.3 is 10.5 Å². The Morgan fingerprint density at radius 2 is 1.86 bits per heavy atom. The number of hydrogen-bond acceptors (Lipinski definition) is 3. The zero-order valence-electron chi connectivity index (χ0n) is 11.7. The predicted molar refractivity (Wildman–Crippen MR) is 82.6 cm³/mol. The van der Waals surface area contributed by atoms with Crippen LogP contribution in [0.25, 0.3) is 0 Å². The van der Waals surface area contributed by atoms with E-state index in [0.29, 0.717) is 27.7 Å². The third-order valence-electron chi connectivity index (χ3n) is 3.19. The predicted octanol–water partition coefficient (Wildman–Crippen LogP) is 4.03. The molecule has 0 saturated carbocycles. The van der Waals surface area contributed by atoms with Crippen LogP contribution < -0.4 is 10.5 Å². The summed E-state index contributed by atoms with van der Waals surface area (Å²) < 4.78 is 19.1. The van der Waals surface area contributed by atoms with Crippen LogP contribution in [0, 0.1) is 5.82 Å². The first-order chi connectivity index (χ1) is 9.85. The molecule has 5 heteroatoms. The molecule has 21 heavy (non-hydrogen) atoms. The van der Waals surface area contributed by atoms with E-state index in [1.54, 1.807) is 18.2 Å². The van der Waals surface area contributed by atoms with E-state index in [1.165, 1.54) is 12.1 Å². The number of nitrogens with zero attached hydrogens (tertiary/aromatic N) is 1. The fourth-order valence-corrected chi connectivity index (χ4v) is 2.58. The zero-order valence-corrected chi connectivity index (χ0v) is 12.4. The van der Waals surface area contributed by atoms with Crippen molar-refractivity contribution in [3.8, 4) is 5.75 Å². The lowest BCUT2D eigenvalue weighted by Crippen LogP contribution is -2.32. The summed E-state index contributed by atoms with van der Waals surface area (Å²) >= 11 is 6.17. The zero-order chi connectivity index (χ0) is 15.2. The maximum absolute atomic E-state index is 13.3. The topological polar surface area (TPSA) is 47.6 Å². The number of fused-ring (bicyclic) bond motifs is 1. The average Bonchev–Trinajstić information content (AvgIpc) is 2.36. The van der Waals surface area contributed by atoms with E-state index in [1.807, 2.05) is 19.9 Å². The maximum Gasteiger partial charge on any atom is 0.195 e. The lowest BCUT2D eigenvalue weighted by atomic mass is 9.98. The monoisotopic (exact) mass is 304 g/mol. The summed E-state index contributed by atoms with van der Waals surface area (Å²) in [5, 5.41) is 0.314. The summed E-state index contributed by atoms with van der Waals surface area (Å²) in [6, 6.07) is 9.62. The second-order valence-electron chi connectivity index (χ2n) is 5.39. The first-order valence-electron chi connectivity index (χ1n) is 6.50. The molecule has 1 heterocycles. The number of ether oxygens (including phenoxy) is 1. The van der Waals surface area contributed by atoms with Gasteiger partial charge in [0.05, 0.1) is 10.7 Å². The van der Waals surface area contributed by atoms with Crippen molar-refractivity contribution in [1.82, 2.24) is 0 Å². The van der Waals surface area contributed by atoms with Gasteiger partial charge in [0.15, 0.2) is 5.72 Å². The summed E-state index contributed by atoms with van der Waals surface area (Å²) in [6.45, 7) is 3.69. The van der Waals surface area contributed by atoms with Gasteiger partial charge in [0.25, 0.3) is 0 Å². The molecule has 0 radical (unpaired) electrons. The molecule has 0 aromatic heterocycles. The fourth-order valence-electron chi connectivity index (χ4n) is 2.33. The Morgan fingerprint density at radius 1 is 1.14 bits per heavy atom. The second kappa shape index (κ2) is 4.74. The van der Waals surface area contributed by atoms with Crippen molar-refractivity contribution in [2.24, 2.45) is 4.99 Å². The molecule has 0 bridgehead atoms. The Morgan fingerprint density at radius 3 is 2.57 bits per heavy atom. The third kappa shape index (κ3) is 2.59. The summed E-state index contributed by atoms with van der Waals surface area (Å²) in [7, 11) is 0. The van der Waals surface area contributed by atoms with Crippen molar-refractivity contribution < 1.29 is 9.13 Å². The minimum atomic E-state index is -0.742. The quantitative estimate of drug-likeness (QED) is 0.809. The van der Waals surface area contributed by atoms with Crippen LogP contribution in [0.4, 0.5) is 10.1 Å². The van der Waals surface area contributed by atoms with Crippen molar-refractivity contribution in [1.29, 1.82) is 0 Å². The number of hydrogen-bond donors (Lipinski definition) is 1. The molecule has 0 amide bonds. The Labute approximate surface area is 127 Å². The van der Waals surface area contributed by atoms with Crippen LogP contribution in [0.1, 0.15) is 25.0 Å². The summed E-state index contributed by atoms with van der Waals surface area (Å²) in [5.74, 6) is 0.263. The first-order valence-corrected chi connectivity index (χ1v) is 6.88. The van der Waals surface area contributed by atoms with Crippen molar-refractivity contribution >= 4 is 23.0 Å². The van der Waals surface area contributed by atoms with E-state index in [-0.39, 0.29) is 5.82 Å². The summed E-state index contributed by atoms with van der Waals surface area (Å²) in [6.07, 6.45) is 0. The number of anilines is 1. The van der Waals surface area contributed by atoms with Crippen LogP contribution in [0.15, 0.2) is 41.4 Å². The lowest BCUT2D eigenvalue weighted by molar-refractivity contribution is 0.115. The molecule has 108 valence electrons. The van der Waals surface area contributed by atoms with Gasteiger partial charge in [-0.2, -0.15) is 0 Å². The molecule has 0 fully saturated rings. The van der Waals surface area contributed by atoms with Gasteiger partial charge in [0.1, 0.15) is 11.6 Å². The highest BCUT2D eigenvalue weighted by molar-refractivity contribution is 6.35. The number of halogens is 2. The highest BCUT2D eigenvalue weighted by Crippen LogP contribution is 2.35. The van der Waals surface area contributed by atoms with Gasteiger partial charge in [-0.05, 0) is 44.2 Å². The van der Waals surface area contributed by atoms with E-state index < -0.39 is 5.72 Å². The van der Waals surface area contributed by atoms with Gasteiger partial charge in [-0.25, -0.2) is 9.38 Å². The minimum absolute atomic E-state index is 0.314. The van der Waals surface area contributed by atoms with E-state index in [4.69, 9.17) is 22.1 Å². The van der Waals surface area contributed by atoms with Crippen LogP contribution >= 0.6 is 11.6 Å². The van der Waals surface area contributed by atoms with Gasteiger partial charge in [-0.1, -0.05) is 11.6 Å². The van der Waals surface area contributed by atoms with Gasteiger partial charge in [-0.15, -0.1) is 0 Å². The minimum Gasteiger partial charge on any atom is -0.466 e. The summed E-state index contributed by atoms with van der Waals surface area (Å²) in [5.41, 5.74) is 7.80. The number of nitrogens with two attached hydrogens (primary N) is 1. The molecule has 1 aliphatic rings. The number of aliphatic imine (C=N–C) groups is 1. The maximum atomic E-state index is 13.3. The average molecular weight is 305 g/mol. The van der Waals surface area contributed by atoms with Gasteiger partial charge in [0.2, 0.25) is 0 Å². The van der Waals surface area contributed by atoms with E-state index in [0.717, 1.165) is 5.56 Å². The number of nitrogen functional groups attached to an aromatic ring is 1. The Bertz CT molecular complexity index is 756. The lowest BCUT2D eigenvalue weighted by Gasteiger charge is -2.30. The molecular weight excluding hydrogens is 291 g/mol. The van der Waals surface area contributed by atoms with Crippen LogP contribution in [0.3, 0.4) is 0 Å². The normalized spacial score (nSPS) is 15.9. The fraction of sp³-hybridized carbons (Fsp3) is 0.188. The highest BCUT2D eigenvalue weighted by atomic mass is 35.5.